The van der Waals surface area contributed by atoms with E-state index in [-0.39, 0.29) is 22.8 Å². The second kappa shape index (κ2) is 8.65. The van der Waals surface area contributed by atoms with E-state index in [1.165, 1.54) is 56.8 Å². The van der Waals surface area contributed by atoms with E-state index in [1.807, 2.05) is 0 Å². The first-order chi connectivity index (χ1) is 12.4. The predicted octanol–water partition coefficient (Wildman–Crippen LogP) is 2.11. The number of carbonyl (C=O) groups is 1. The van der Waals surface area contributed by atoms with E-state index in [0.717, 1.165) is 0 Å². The van der Waals surface area contributed by atoms with E-state index in [0.29, 0.717) is 11.3 Å². The quantitative estimate of drug-likeness (QED) is 0.569. The number of ether oxygens (including phenoxy) is 3. The highest BCUT2D eigenvalue weighted by molar-refractivity contribution is 5.86. The summed E-state index contributed by atoms with van der Waals surface area (Å²) < 4.78 is 39.5. The second-order valence-electron chi connectivity index (χ2n) is 4.87. The molecule has 138 valence electrons. The molecule has 2 aromatic rings. The number of alkyl halides is 2. The first-order valence-electron chi connectivity index (χ1n) is 7.26. The Morgan fingerprint density at radius 2 is 1.73 bits per heavy atom. The first-order valence-corrected chi connectivity index (χ1v) is 7.26. The number of nitrogens with one attached hydrogen (secondary N) is 1. The lowest BCUT2D eigenvalue weighted by molar-refractivity contribution is -0.255. The monoisotopic (exact) mass is 365 g/mol. The van der Waals surface area contributed by atoms with Gasteiger partial charge in [0.2, 0.25) is 5.75 Å². The van der Waals surface area contributed by atoms with Crippen molar-refractivity contribution >= 4 is 17.9 Å². The Bertz CT molecular complexity index is 769. The lowest BCUT2D eigenvalue weighted by Crippen LogP contribution is -2.21. The van der Waals surface area contributed by atoms with Crippen molar-refractivity contribution in [1.82, 2.24) is 0 Å². The number of hydrogen-bond acceptors (Lipinski definition) is 7. The van der Waals surface area contributed by atoms with E-state index < -0.39 is 12.6 Å². The summed E-state index contributed by atoms with van der Waals surface area (Å²) in [7, 11) is 2.62. The SMILES string of the molecule is COc1cc(/C=N\Nc2ccc(C(=O)[O-])cc2)cc(OC)c1OC(F)F. The predicted molar refractivity (Wildman–Crippen MR) is 88.2 cm³/mol. The molecular formula is C17H15F2N2O5-. The highest BCUT2D eigenvalue weighted by Gasteiger charge is 2.17. The molecule has 0 spiro atoms. The Hall–Kier alpha value is -3.36. The van der Waals surface area contributed by atoms with E-state index in [4.69, 9.17) is 9.47 Å². The van der Waals surface area contributed by atoms with Crippen molar-refractivity contribution in [3.8, 4) is 17.2 Å². The van der Waals surface area contributed by atoms with Crippen molar-refractivity contribution in [2.45, 2.75) is 6.61 Å². The fraction of sp³-hybridized carbons (Fsp3) is 0.176. The van der Waals surface area contributed by atoms with Crippen LogP contribution in [-0.2, 0) is 0 Å². The van der Waals surface area contributed by atoms with E-state index in [9.17, 15) is 18.7 Å². The van der Waals surface area contributed by atoms with Crippen molar-refractivity contribution < 1.29 is 32.9 Å². The van der Waals surface area contributed by atoms with Crippen LogP contribution in [0.25, 0.3) is 0 Å². The number of carbonyl (C=O) groups excluding carboxylic acids is 1. The van der Waals surface area contributed by atoms with Crippen LogP contribution in [-0.4, -0.2) is 33.0 Å². The minimum atomic E-state index is -3.03. The van der Waals surface area contributed by atoms with Crippen LogP contribution in [0.1, 0.15) is 15.9 Å². The van der Waals surface area contributed by atoms with Crippen molar-refractivity contribution in [2.75, 3.05) is 19.6 Å². The van der Waals surface area contributed by atoms with E-state index >= 15 is 0 Å². The number of methoxy groups -OCH3 is 2. The van der Waals surface area contributed by atoms with Crippen LogP contribution < -0.4 is 24.7 Å². The Morgan fingerprint density at radius 3 is 2.19 bits per heavy atom. The molecule has 1 N–H and O–H groups in total. The van der Waals surface area contributed by atoms with Crippen LogP contribution in [0.15, 0.2) is 41.5 Å². The summed E-state index contributed by atoms with van der Waals surface area (Å²) in [6.45, 7) is -3.03. The Balaban J connectivity index is 2.17. The van der Waals surface area contributed by atoms with Gasteiger partial charge in [0, 0.05) is 5.56 Å². The summed E-state index contributed by atoms with van der Waals surface area (Å²) in [4.78, 5) is 10.7. The zero-order chi connectivity index (χ0) is 19.1. The summed E-state index contributed by atoms with van der Waals surface area (Å²) >= 11 is 0. The lowest BCUT2D eigenvalue weighted by atomic mass is 10.2. The molecule has 0 fully saturated rings. The van der Waals surface area contributed by atoms with Gasteiger partial charge >= 0.3 is 6.61 Å². The number of hydrazone groups is 1. The van der Waals surface area contributed by atoms with Gasteiger partial charge in [0.05, 0.1) is 32.1 Å². The molecule has 0 radical (unpaired) electrons. The zero-order valence-electron chi connectivity index (χ0n) is 13.9. The van der Waals surface area contributed by atoms with Crippen LogP contribution in [0.5, 0.6) is 17.2 Å². The zero-order valence-corrected chi connectivity index (χ0v) is 13.9. The van der Waals surface area contributed by atoms with Gasteiger partial charge in [-0.2, -0.15) is 13.9 Å². The number of carboxylic acid groups (broad SMARTS) is 1. The summed E-state index contributed by atoms with van der Waals surface area (Å²) in [5.41, 5.74) is 3.79. The average Bonchev–Trinajstić information content (AvgIpc) is 2.62. The van der Waals surface area contributed by atoms with E-state index in [2.05, 4.69) is 15.3 Å². The maximum Gasteiger partial charge on any atom is 0.387 e. The maximum atomic E-state index is 12.5. The van der Waals surface area contributed by atoms with Crippen molar-refractivity contribution in [3.63, 3.8) is 0 Å². The smallest absolute Gasteiger partial charge is 0.387 e. The molecular weight excluding hydrogens is 350 g/mol. The number of anilines is 1. The molecule has 2 aromatic carbocycles. The minimum Gasteiger partial charge on any atom is -0.545 e. The molecule has 0 aliphatic rings. The molecule has 7 nitrogen and oxygen atoms in total. The van der Waals surface area contributed by atoms with Crippen LogP contribution in [0, 0.1) is 0 Å². The van der Waals surface area contributed by atoms with Crippen LogP contribution >= 0.6 is 0 Å². The number of rotatable bonds is 8. The van der Waals surface area contributed by atoms with Crippen LogP contribution in [0.3, 0.4) is 0 Å². The molecule has 9 heteroatoms. The third-order valence-corrected chi connectivity index (χ3v) is 3.22. The minimum absolute atomic E-state index is 0.0450. The Labute approximate surface area is 147 Å². The molecule has 0 heterocycles. The van der Waals surface area contributed by atoms with Gasteiger partial charge in [0.25, 0.3) is 0 Å². The first kappa shape index (κ1) is 19.0. The van der Waals surface area contributed by atoms with Crippen LogP contribution in [0.4, 0.5) is 14.5 Å². The highest BCUT2D eigenvalue weighted by Crippen LogP contribution is 2.39. The van der Waals surface area contributed by atoms with E-state index in [1.54, 1.807) is 0 Å². The molecule has 2 rings (SSSR count). The van der Waals surface area contributed by atoms with Gasteiger partial charge in [-0.3, -0.25) is 5.43 Å². The topological polar surface area (TPSA) is 92.2 Å². The molecule has 26 heavy (non-hydrogen) atoms. The molecule has 0 aliphatic carbocycles. The summed E-state index contributed by atoms with van der Waals surface area (Å²) in [5.74, 6) is -1.37. The molecule has 0 atom stereocenters. The molecule has 0 saturated heterocycles. The van der Waals surface area contributed by atoms with Crippen molar-refractivity contribution in [3.05, 3.63) is 47.5 Å². The number of carboxylic acids is 1. The summed E-state index contributed by atoms with van der Waals surface area (Å²) in [6, 6.07) is 8.67. The van der Waals surface area contributed by atoms with Gasteiger partial charge in [-0.25, -0.2) is 0 Å². The number of nitrogens with zero attached hydrogens (tertiary/aromatic N) is 1. The summed E-state index contributed by atoms with van der Waals surface area (Å²) in [5, 5.41) is 14.7. The third-order valence-electron chi connectivity index (χ3n) is 3.22. The maximum absolute atomic E-state index is 12.5. The molecule has 0 aliphatic heterocycles. The second-order valence-corrected chi connectivity index (χ2v) is 4.87. The van der Waals surface area contributed by atoms with Gasteiger partial charge in [-0.1, -0.05) is 12.1 Å². The van der Waals surface area contributed by atoms with Crippen molar-refractivity contribution in [1.29, 1.82) is 0 Å². The van der Waals surface area contributed by atoms with Gasteiger partial charge in [-0.05, 0) is 29.8 Å². The lowest BCUT2D eigenvalue weighted by Gasteiger charge is -2.14. The number of aromatic carboxylic acids is 1. The molecule has 0 unspecified atom stereocenters. The normalized spacial score (nSPS) is 10.8. The average molecular weight is 365 g/mol. The number of hydrogen-bond donors (Lipinski definition) is 1. The number of benzene rings is 2. The van der Waals surface area contributed by atoms with Gasteiger partial charge in [0.1, 0.15) is 0 Å². The van der Waals surface area contributed by atoms with Gasteiger partial charge in [-0.15, -0.1) is 0 Å². The molecule has 0 saturated carbocycles. The fourth-order valence-corrected chi connectivity index (χ4v) is 2.04. The Morgan fingerprint density at radius 1 is 1.15 bits per heavy atom. The molecule has 0 amide bonds. The number of halogens is 2. The molecule has 0 aromatic heterocycles. The fourth-order valence-electron chi connectivity index (χ4n) is 2.04. The standard InChI is InChI=1S/C17H16F2N2O5/c1-24-13-7-10(8-14(25-2)15(13)26-17(18)19)9-20-21-12-5-3-11(4-6-12)16(22)23/h3-9,17,21H,1-2H3,(H,22,23)/p-1/b20-9-. The Kier molecular flexibility index (Phi) is 6.31. The highest BCUT2D eigenvalue weighted by atomic mass is 19.3. The third kappa shape index (κ3) is 4.82. The largest absolute Gasteiger partial charge is 0.545 e. The summed E-state index contributed by atoms with van der Waals surface area (Å²) in [6.07, 6.45) is 1.41. The van der Waals surface area contributed by atoms with Crippen LogP contribution in [0.2, 0.25) is 0 Å². The molecule has 0 bridgehead atoms. The van der Waals surface area contributed by atoms with Gasteiger partial charge < -0.3 is 24.1 Å². The van der Waals surface area contributed by atoms with Crippen molar-refractivity contribution in [2.24, 2.45) is 5.10 Å². The van der Waals surface area contributed by atoms with Gasteiger partial charge in [0.15, 0.2) is 11.5 Å².